The molecule has 1 unspecified atom stereocenters. The second kappa shape index (κ2) is 7.33. The average Bonchev–Trinajstić information content (AvgIpc) is 2.87. The number of rotatable bonds is 6. The lowest BCUT2D eigenvalue weighted by atomic mass is 10.1. The summed E-state index contributed by atoms with van der Waals surface area (Å²) in [4.78, 5) is 2.17. The zero-order chi connectivity index (χ0) is 13.7. The van der Waals surface area contributed by atoms with Gasteiger partial charge in [-0.05, 0) is 53.0 Å². The summed E-state index contributed by atoms with van der Waals surface area (Å²) in [7, 11) is 0. The molecule has 1 heterocycles. The summed E-state index contributed by atoms with van der Waals surface area (Å²) in [5.41, 5.74) is 0.937. The lowest BCUT2D eigenvalue weighted by Gasteiger charge is -2.25. The minimum absolute atomic E-state index is 0.131. The predicted octanol–water partition coefficient (Wildman–Crippen LogP) is 2.13. The predicted molar refractivity (Wildman–Crippen MR) is 77.5 cm³/mol. The zero-order valence-corrected chi connectivity index (χ0v) is 12.5. The number of hydrogen-bond acceptors (Lipinski definition) is 3. The van der Waals surface area contributed by atoms with E-state index in [0.717, 1.165) is 18.7 Å². The Morgan fingerprint density at radius 3 is 2.95 bits per heavy atom. The third kappa shape index (κ3) is 4.53. The molecule has 0 aliphatic carbocycles. The highest BCUT2D eigenvalue weighted by molar-refractivity contribution is 9.10. The van der Waals surface area contributed by atoms with Crippen molar-refractivity contribution in [1.82, 2.24) is 10.2 Å². The summed E-state index contributed by atoms with van der Waals surface area (Å²) >= 11 is 3.16. The highest BCUT2D eigenvalue weighted by Gasteiger charge is 2.18. The monoisotopic (exact) mass is 330 g/mol. The molecule has 3 nitrogen and oxygen atoms in total. The van der Waals surface area contributed by atoms with Gasteiger partial charge in [0.05, 0.1) is 11.1 Å². The van der Waals surface area contributed by atoms with Crippen LogP contribution in [0.4, 0.5) is 4.39 Å². The molecule has 1 aliphatic heterocycles. The van der Waals surface area contributed by atoms with Crippen LogP contribution < -0.4 is 5.32 Å². The van der Waals surface area contributed by atoms with Crippen molar-refractivity contribution in [2.45, 2.75) is 25.4 Å². The van der Waals surface area contributed by atoms with E-state index in [2.05, 4.69) is 26.1 Å². The summed E-state index contributed by atoms with van der Waals surface area (Å²) in [5.74, 6) is -0.236. The normalized spacial score (nSPS) is 19.3. The molecule has 2 N–H and O–H groups in total. The highest BCUT2D eigenvalue weighted by atomic mass is 79.9. The maximum Gasteiger partial charge on any atom is 0.137 e. The van der Waals surface area contributed by atoms with Gasteiger partial charge in [0.25, 0.3) is 0 Å². The first-order chi connectivity index (χ1) is 9.19. The molecule has 2 rings (SSSR count). The van der Waals surface area contributed by atoms with E-state index in [1.807, 2.05) is 6.07 Å². The quantitative estimate of drug-likeness (QED) is 0.838. The molecule has 0 spiro atoms. The molecule has 19 heavy (non-hydrogen) atoms. The standard InChI is InChI=1S/C14H20BrFN2O/c15-13-4-3-11(8-14(13)16)9-18(6-7-19)10-12-2-1-5-17-12/h3-4,8,12,17,19H,1-2,5-7,9-10H2. The first kappa shape index (κ1) is 14.9. The van der Waals surface area contributed by atoms with Gasteiger partial charge in [0, 0.05) is 25.7 Å². The van der Waals surface area contributed by atoms with Gasteiger partial charge in [-0.25, -0.2) is 4.39 Å². The fraction of sp³-hybridized carbons (Fsp3) is 0.571. The van der Waals surface area contributed by atoms with Crippen LogP contribution in [0.1, 0.15) is 18.4 Å². The number of aliphatic hydroxyl groups is 1. The first-order valence-electron chi connectivity index (χ1n) is 6.69. The molecule has 0 amide bonds. The van der Waals surface area contributed by atoms with Gasteiger partial charge >= 0.3 is 0 Å². The van der Waals surface area contributed by atoms with Gasteiger partial charge in [0.1, 0.15) is 5.82 Å². The van der Waals surface area contributed by atoms with E-state index >= 15 is 0 Å². The van der Waals surface area contributed by atoms with E-state index in [0.29, 0.717) is 23.6 Å². The molecule has 1 atom stereocenters. The summed E-state index contributed by atoms with van der Waals surface area (Å²) < 4.78 is 14.0. The van der Waals surface area contributed by atoms with Crippen LogP contribution in [0.25, 0.3) is 0 Å². The summed E-state index contributed by atoms with van der Waals surface area (Å²) in [6, 6.07) is 5.69. The molecule has 1 fully saturated rings. The molecular formula is C14H20BrFN2O. The SMILES string of the molecule is OCCN(Cc1ccc(Br)c(F)c1)CC1CCCN1. The van der Waals surface area contributed by atoms with E-state index < -0.39 is 0 Å². The van der Waals surface area contributed by atoms with Crippen LogP contribution in [0, 0.1) is 5.82 Å². The second-order valence-electron chi connectivity index (χ2n) is 5.00. The Balaban J connectivity index is 1.96. The first-order valence-corrected chi connectivity index (χ1v) is 7.49. The van der Waals surface area contributed by atoms with E-state index in [9.17, 15) is 4.39 Å². The number of benzene rings is 1. The van der Waals surface area contributed by atoms with Gasteiger partial charge < -0.3 is 10.4 Å². The lowest BCUT2D eigenvalue weighted by molar-refractivity contribution is 0.179. The third-order valence-electron chi connectivity index (χ3n) is 3.45. The topological polar surface area (TPSA) is 35.5 Å². The molecule has 1 aliphatic rings. The van der Waals surface area contributed by atoms with E-state index in [-0.39, 0.29) is 12.4 Å². The van der Waals surface area contributed by atoms with Crippen LogP contribution in [0.5, 0.6) is 0 Å². The van der Waals surface area contributed by atoms with Crippen molar-refractivity contribution >= 4 is 15.9 Å². The van der Waals surface area contributed by atoms with Gasteiger partial charge in [-0.15, -0.1) is 0 Å². The fourth-order valence-corrected chi connectivity index (χ4v) is 2.74. The van der Waals surface area contributed by atoms with E-state index in [1.54, 1.807) is 12.1 Å². The molecule has 0 bridgehead atoms. The van der Waals surface area contributed by atoms with Crippen molar-refractivity contribution in [2.75, 3.05) is 26.2 Å². The van der Waals surface area contributed by atoms with Crippen LogP contribution in [-0.4, -0.2) is 42.3 Å². The average molecular weight is 331 g/mol. The van der Waals surface area contributed by atoms with Crippen molar-refractivity contribution in [3.63, 3.8) is 0 Å². The number of aliphatic hydroxyl groups excluding tert-OH is 1. The molecule has 5 heteroatoms. The number of nitrogens with one attached hydrogen (secondary N) is 1. The molecule has 0 saturated carbocycles. The Morgan fingerprint density at radius 1 is 1.47 bits per heavy atom. The Morgan fingerprint density at radius 2 is 2.32 bits per heavy atom. The van der Waals surface area contributed by atoms with Gasteiger partial charge in [-0.1, -0.05) is 6.07 Å². The molecule has 0 aromatic heterocycles. The van der Waals surface area contributed by atoms with Crippen molar-refractivity contribution in [1.29, 1.82) is 0 Å². The molecular weight excluding hydrogens is 311 g/mol. The Kier molecular flexibility index (Phi) is 5.76. The van der Waals surface area contributed by atoms with Crippen LogP contribution >= 0.6 is 15.9 Å². The molecule has 1 aromatic carbocycles. The van der Waals surface area contributed by atoms with Gasteiger partial charge in [0.2, 0.25) is 0 Å². The molecule has 1 saturated heterocycles. The molecule has 106 valence electrons. The van der Waals surface area contributed by atoms with E-state index in [1.165, 1.54) is 12.8 Å². The van der Waals surface area contributed by atoms with Crippen molar-refractivity contribution in [2.24, 2.45) is 0 Å². The van der Waals surface area contributed by atoms with Crippen molar-refractivity contribution < 1.29 is 9.50 Å². The second-order valence-corrected chi connectivity index (χ2v) is 5.85. The lowest BCUT2D eigenvalue weighted by Crippen LogP contribution is -2.38. The largest absolute Gasteiger partial charge is 0.395 e. The third-order valence-corrected chi connectivity index (χ3v) is 4.09. The van der Waals surface area contributed by atoms with Gasteiger partial charge in [-0.3, -0.25) is 4.90 Å². The highest BCUT2D eigenvalue weighted by Crippen LogP contribution is 2.18. The van der Waals surface area contributed by atoms with E-state index in [4.69, 9.17) is 5.11 Å². The summed E-state index contributed by atoms with van der Waals surface area (Å²) in [5, 5.41) is 12.6. The van der Waals surface area contributed by atoms with Crippen molar-refractivity contribution in [3.8, 4) is 0 Å². The summed E-state index contributed by atoms with van der Waals surface area (Å²) in [6.07, 6.45) is 2.39. The number of nitrogens with zero attached hydrogens (tertiary/aromatic N) is 1. The minimum atomic E-state index is -0.236. The van der Waals surface area contributed by atoms with Crippen LogP contribution in [0.2, 0.25) is 0 Å². The summed E-state index contributed by atoms with van der Waals surface area (Å²) in [6.45, 7) is 3.40. The fourth-order valence-electron chi connectivity index (χ4n) is 2.50. The Labute approximate surface area is 121 Å². The minimum Gasteiger partial charge on any atom is -0.395 e. The number of hydrogen-bond donors (Lipinski definition) is 2. The van der Waals surface area contributed by atoms with Crippen LogP contribution in [0.3, 0.4) is 0 Å². The van der Waals surface area contributed by atoms with Crippen LogP contribution in [0.15, 0.2) is 22.7 Å². The smallest absolute Gasteiger partial charge is 0.137 e. The maximum atomic E-state index is 13.5. The van der Waals surface area contributed by atoms with Gasteiger partial charge in [0.15, 0.2) is 0 Å². The Hall–Kier alpha value is -0.490. The van der Waals surface area contributed by atoms with Crippen LogP contribution in [-0.2, 0) is 6.54 Å². The van der Waals surface area contributed by atoms with Crippen molar-refractivity contribution in [3.05, 3.63) is 34.1 Å². The maximum absolute atomic E-state index is 13.5. The molecule has 0 radical (unpaired) electrons. The van der Waals surface area contributed by atoms with Gasteiger partial charge in [-0.2, -0.15) is 0 Å². The Bertz CT molecular complexity index is 410. The molecule has 1 aromatic rings. The zero-order valence-electron chi connectivity index (χ0n) is 10.9. The number of halogens is 2.